The topological polar surface area (TPSA) is 356 Å². The maximum Gasteiger partial charge on any atom is 0.509 e. The molecule has 4 aliphatic rings. The number of Topliss-reactive ketones (excluding diaryl/α,β-unsaturated/α-hetero) is 1. The third kappa shape index (κ3) is 16.4. The highest BCUT2D eigenvalue weighted by Gasteiger charge is 2.78. The summed E-state index contributed by atoms with van der Waals surface area (Å²) in [4.78, 5) is 138. The van der Waals surface area contributed by atoms with Crippen molar-refractivity contribution in [3.63, 3.8) is 0 Å². The first-order valence-corrected chi connectivity index (χ1v) is 33.0. The van der Waals surface area contributed by atoms with Crippen LogP contribution in [0.2, 0.25) is 0 Å². The van der Waals surface area contributed by atoms with Gasteiger partial charge in [0, 0.05) is 66.7 Å². The summed E-state index contributed by atoms with van der Waals surface area (Å²) in [5.41, 5.74) is -4.63. The molecule has 10 rings (SSSR count). The normalized spacial score (nSPS) is 23.8. The predicted molar refractivity (Wildman–Crippen MR) is 370 cm³/mol. The average molecular weight is 1410 g/mol. The lowest BCUT2D eigenvalue weighted by Gasteiger charge is -2.67. The number of amides is 3. The molecule has 11 atom stereocenters. The molecule has 5 N–H and O–H groups in total. The first-order valence-electron chi connectivity index (χ1n) is 33.0. The van der Waals surface area contributed by atoms with Gasteiger partial charge in [0.15, 0.2) is 17.5 Å². The van der Waals surface area contributed by atoms with Crippen LogP contribution in [0.25, 0.3) is 12.2 Å². The number of nitro benzene ring substituents is 1. The summed E-state index contributed by atoms with van der Waals surface area (Å²) in [6.45, 7) is 10.1. The average Bonchev–Trinajstić information content (AvgIpc) is 0.669. The Morgan fingerprint density at radius 3 is 1.79 bits per heavy atom. The van der Waals surface area contributed by atoms with Gasteiger partial charge in [0.25, 0.3) is 11.6 Å². The van der Waals surface area contributed by atoms with E-state index in [1.807, 2.05) is 19.1 Å². The van der Waals surface area contributed by atoms with Crippen molar-refractivity contribution in [2.24, 2.45) is 16.7 Å². The van der Waals surface area contributed by atoms with Gasteiger partial charge in [-0.25, -0.2) is 24.0 Å². The third-order valence-corrected chi connectivity index (χ3v) is 19.2. The Labute approximate surface area is 592 Å². The molecule has 26 heteroatoms. The van der Waals surface area contributed by atoms with E-state index in [1.54, 1.807) is 122 Å². The Balaban J connectivity index is 0.911. The number of carbonyl (C=O) groups excluding carboxylic acids is 9. The van der Waals surface area contributed by atoms with Crippen molar-refractivity contribution in [2.75, 3.05) is 37.1 Å². The summed E-state index contributed by atoms with van der Waals surface area (Å²) < 4.78 is 53.7. The number of nitro groups is 1. The minimum Gasteiger partial charge on any atom is -0.455 e. The molecule has 1 saturated heterocycles. The number of hydrogen-bond acceptors (Lipinski definition) is 22. The van der Waals surface area contributed by atoms with Gasteiger partial charge in [-0.3, -0.25) is 39.9 Å². The number of ketones is 1. The Hall–Kier alpha value is -11.4. The highest BCUT2D eigenvalue weighted by Crippen LogP contribution is 2.64. The maximum atomic E-state index is 16.0. The van der Waals surface area contributed by atoms with Crippen LogP contribution in [0.5, 0.6) is 0 Å². The number of carbonyl (C=O) groups is 9. The van der Waals surface area contributed by atoms with Gasteiger partial charge >= 0.3 is 42.2 Å². The number of nitrogens with one attached hydrogen (secondary N) is 3. The lowest BCUT2D eigenvalue weighted by Crippen LogP contribution is -2.82. The number of aliphatic hydroxyl groups excluding tert-OH is 1. The van der Waals surface area contributed by atoms with Crippen molar-refractivity contribution < 1.29 is 101 Å². The van der Waals surface area contributed by atoms with Crippen molar-refractivity contribution >= 4 is 83.1 Å². The van der Waals surface area contributed by atoms with Crippen LogP contribution in [-0.2, 0) is 61.8 Å². The Kier molecular flexibility index (Phi) is 22.6. The Bertz CT molecular complexity index is 4300. The summed E-state index contributed by atoms with van der Waals surface area (Å²) in [5.74, 6) is -7.48. The van der Waals surface area contributed by atoms with Crippen LogP contribution in [-0.4, -0.2) is 143 Å². The quantitative estimate of drug-likeness (QED) is 0.0139. The largest absolute Gasteiger partial charge is 0.509 e. The van der Waals surface area contributed by atoms with Crippen molar-refractivity contribution in [3.05, 3.63) is 230 Å². The number of hydrogen-bond donors (Lipinski definition) is 5. The number of anilines is 2. The second-order valence-electron chi connectivity index (χ2n) is 26.5. The Morgan fingerprint density at radius 2 is 1.23 bits per heavy atom. The Morgan fingerprint density at radius 1 is 0.680 bits per heavy atom. The summed E-state index contributed by atoms with van der Waals surface area (Å²) >= 11 is 0. The lowest BCUT2D eigenvalue weighted by atomic mass is 9.44. The van der Waals surface area contributed by atoms with E-state index in [9.17, 15) is 53.9 Å². The second kappa shape index (κ2) is 31.3. The molecule has 3 fully saturated rings. The first kappa shape index (κ1) is 74.3. The molecule has 3 amide bonds. The number of esters is 4. The molecule has 0 spiro atoms. The zero-order valence-electron chi connectivity index (χ0n) is 57.6. The van der Waals surface area contributed by atoms with Crippen molar-refractivity contribution in [2.45, 2.75) is 122 Å². The van der Waals surface area contributed by atoms with Gasteiger partial charge in [0.2, 0.25) is 6.10 Å². The second-order valence-corrected chi connectivity index (χ2v) is 26.5. The van der Waals surface area contributed by atoms with E-state index in [-0.39, 0.29) is 53.2 Å². The summed E-state index contributed by atoms with van der Waals surface area (Å²) in [5, 5.41) is 45.9. The van der Waals surface area contributed by atoms with Crippen LogP contribution in [0.4, 0.5) is 31.4 Å². The van der Waals surface area contributed by atoms with E-state index in [0.29, 0.717) is 33.6 Å². The summed E-state index contributed by atoms with van der Waals surface area (Å²) in [7, 11) is 0. The smallest absolute Gasteiger partial charge is 0.455 e. The maximum absolute atomic E-state index is 16.0. The highest BCUT2D eigenvalue weighted by atomic mass is 16.7. The van der Waals surface area contributed by atoms with Crippen molar-refractivity contribution in [3.8, 4) is 0 Å². The van der Waals surface area contributed by atoms with Crippen molar-refractivity contribution in [1.29, 1.82) is 0 Å². The predicted octanol–water partition coefficient (Wildman–Crippen LogP) is 11.1. The molecule has 0 radical (unpaired) electrons. The number of fused-ring (bicyclic) bond motifs is 5. The molecule has 2 saturated carbocycles. The lowest BCUT2D eigenvalue weighted by molar-refractivity contribution is -0.384. The first-order chi connectivity index (χ1) is 49.0. The van der Waals surface area contributed by atoms with Gasteiger partial charge in [0.05, 0.1) is 34.5 Å². The molecule has 1 heterocycles. The van der Waals surface area contributed by atoms with Gasteiger partial charge in [-0.1, -0.05) is 116 Å². The molecule has 26 nitrogen and oxygen atoms in total. The standard InChI is InChI=1S/C77H78N4O22/c1-44-24-30-55(31-25-44)78-71(89)95-41-51(37-50-28-34-57(35-29-50)81(93)94)42-96-72(90)79-56-32-26-49(27-33-56)36-45(2)40-97-73(91)101-64(62(52-18-12-9-13-19-52)80-68(86)53-20-14-10-15-21-53)70(88)100-58-39-77(92)67(102-69(87)54-22-16-11-17-23-54)65-75(8,59(84)38-60-76(65,43-98-60)103-48(5)83)66(85)63(99-47(4)82)61(46(58)3)74(77,6)7/h9-37,58-60,62-65,67,84,92H,38-43H2,1-8H3,(H,78,89)(H,79,90)(H,80,86)/b45-36-,51-37-/t58?,59-,60+,62-,63+,64+,65-,67-,75+,76-,77+/m0/s1. The molecular formula is C77H78N4O22. The number of aryl methyl sites for hydroxylation is 1. The molecule has 1 aliphatic heterocycles. The van der Waals surface area contributed by atoms with Crippen LogP contribution in [0.15, 0.2) is 186 Å². The number of benzene rings is 6. The van der Waals surface area contributed by atoms with E-state index in [0.717, 1.165) is 19.4 Å². The molecular weight excluding hydrogens is 1330 g/mol. The van der Waals surface area contributed by atoms with E-state index >= 15 is 9.59 Å². The van der Waals surface area contributed by atoms with Gasteiger partial charge in [-0.15, -0.1) is 0 Å². The van der Waals surface area contributed by atoms with E-state index in [2.05, 4.69) is 16.0 Å². The fourth-order valence-corrected chi connectivity index (χ4v) is 13.9. The zero-order valence-corrected chi connectivity index (χ0v) is 57.6. The zero-order chi connectivity index (χ0) is 74.1. The summed E-state index contributed by atoms with van der Waals surface area (Å²) in [6, 6.07) is 41.0. The minimum absolute atomic E-state index is 0.00225. The molecule has 1 unspecified atom stereocenters. The van der Waals surface area contributed by atoms with Crippen LogP contribution in [0.1, 0.15) is 110 Å². The van der Waals surface area contributed by atoms with Gasteiger partial charge < -0.3 is 58.2 Å². The van der Waals surface area contributed by atoms with E-state index in [4.69, 9.17) is 42.6 Å². The number of non-ortho nitro benzene ring substituents is 1. The molecule has 2 bridgehead atoms. The van der Waals surface area contributed by atoms with Gasteiger partial charge in [-0.05, 0) is 128 Å². The van der Waals surface area contributed by atoms with Crippen LogP contribution >= 0.6 is 0 Å². The number of rotatable bonds is 22. The monoisotopic (exact) mass is 1410 g/mol. The molecule has 6 aromatic rings. The van der Waals surface area contributed by atoms with E-state index in [1.165, 1.54) is 76.2 Å². The molecule has 103 heavy (non-hydrogen) atoms. The fourth-order valence-electron chi connectivity index (χ4n) is 13.9. The SMILES string of the molecule is CC(=O)O[C@H]1C(=O)[C@@]2(C)[C@H]([C@H](OC(=O)c3ccccc3)[C@]3(O)CC(OC(=O)[C@H](OC(=O)OC/C(C)=C\c4ccc(NC(=O)OC/C(=C\c5ccc([N+](=O)[O-])cc5)COC(=O)Nc5ccc(C)cc5)cc4)[C@@H](NC(=O)c4ccccc4)c4ccccc4)C(C)=C1C3(C)C)[C@]1(OC(C)=O)CO[C@@H]1C[C@@H]2O. The number of nitrogens with zero attached hydrogens (tertiary/aromatic N) is 1. The third-order valence-electron chi connectivity index (χ3n) is 19.2. The van der Waals surface area contributed by atoms with Gasteiger partial charge in [-0.2, -0.15) is 0 Å². The van der Waals surface area contributed by atoms with Crippen LogP contribution in [0.3, 0.4) is 0 Å². The summed E-state index contributed by atoms with van der Waals surface area (Å²) in [6.07, 6.45) is -11.4. The fraction of sp³-hybridized carbons (Fsp3) is 0.338. The molecule has 6 aromatic carbocycles. The number of ether oxygens (including phenoxy) is 9. The number of aliphatic hydroxyl groups is 2. The van der Waals surface area contributed by atoms with Crippen LogP contribution < -0.4 is 16.0 Å². The highest BCUT2D eigenvalue weighted by molar-refractivity contribution is 5.97. The minimum atomic E-state index is -2.56. The van der Waals surface area contributed by atoms with E-state index < -0.39 is 149 Å². The molecule has 538 valence electrons. The van der Waals surface area contributed by atoms with Crippen LogP contribution in [0, 0.1) is 33.8 Å². The van der Waals surface area contributed by atoms with Gasteiger partial charge in [0.1, 0.15) is 49.8 Å². The molecule has 3 aliphatic carbocycles. The molecule has 0 aromatic heterocycles. The van der Waals surface area contributed by atoms with Crippen molar-refractivity contribution in [1.82, 2.24) is 5.32 Å².